The third-order valence-electron chi connectivity index (χ3n) is 1.94. The van der Waals surface area contributed by atoms with Crippen molar-refractivity contribution in [1.82, 2.24) is 10.6 Å². The molecule has 0 saturated carbocycles. The SMILES string of the molecule is S=CC1NC=C(c2ccccc2)N1. The highest BCUT2D eigenvalue weighted by atomic mass is 32.1. The van der Waals surface area contributed by atoms with Crippen molar-refractivity contribution in [3.05, 3.63) is 42.1 Å². The number of thiocarbonyl (C=S) groups is 1. The van der Waals surface area contributed by atoms with Crippen LogP contribution in [0.25, 0.3) is 5.70 Å². The Hall–Kier alpha value is -1.35. The first-order chi connectivity index (χ1) is 6.40. The average Bonchev–Trinajstić information content (AvgIpc) is 2.67. The van der Waals surface area contributed by atoms with Crippen LogP contribution < -0.4 is 10.6 Å². The summed E-state index contributed by atoms with van der Waals surface area (Å²) in [4.78, 5) is 0. The van der Waals surface area contributed by atoms with Crippen LogP contribution in [0.3, 0.4) is 0 Å². The lowest BCUT2D eigenvalue weighted by molar-refractivity contribution is 0.750. The van der Waals surface area contributed by atoms with Crippen molar-refractivity contribution in [2.24, 2.45) is 0 Å². The van der Waals surface area contributed by atoms with Crippen molar-refractivity contribution in [2.45, 2.75) is 6.17 Å². The van der Waals surface area contributed by atoms with Crippen LogP contribution in [0.2, 0.25) is 0 Å². The number of rotatable bonds is 2. The predicted octanol–water partition coefficient (Wildman–Crippen LogP) is 1.50. The minimum absolute atomic E-state index is 0.0882. The van der Waals surface area contributed by atoms with Gasteiger partial charge in [-0.1, -0.05) is 42.5 Å². The zero-order valence-electron chi connectivity index (χ0n) is 7.03. The highest BCUT2D eigenvalue weighted by Crippen LogP contribution is 2.13. The van der Waals surface area contributed by atoms with Gasteiger partial charge in [0.2, 0.25) is 0 Å². The fraction of sp³-hybridized carbons (Fsp3) is 0.100. The van der Waals surface area contributed by atoms with Gasteiger partial charge in [-0.15, -0.1) is 0 Å². The second-order valence-electron chi connectivity index (χ2n) is 2.85. The molecule has 1 aliphatic rings. The van der Waals surface area contributed by atoms with Crippen LogP contribution in [-0.2, 0) is 0 Å². The molecule has 0 amide bonds. The summed E-state index contributed by atoms with van der Waals surface area (Å²) < 4.78 is 0. The summed E-state index contributed by atoms with van der Waals surface area (Å²) in [5.41, 5.74) is 2.26. The second kappa shape index (κ2) is 3.58. The van der Waals surface area contributed by atoms with E-state index in [1.807, 2.05) is 24.4 Å². The van der Waals surface area contributed by atoms with Gasteiger partial charge in [-0.05, 0) is 5.56 Å². The maximum absolute atomic E-state index is 4.83. The van der Waals surface area contributed by atoms with E-state index in [9.17, 15) is 0 Å². The molecule has 1 aromatic carbocycles. The van der Waals surface area contributed by atoms with Gasteiger partial charge in [0.15, 0.2) is 0 Å². The van der Waals surface area contributed by atoms with Gasteiger partial charge in [0.25, 0.3) is 0 Å². The van der Waals surface area contributed by atoms with E-state index in [1.165, 1.54) is 5.56 Å². The van der Waals surface area contributed by atoms with Crippen LogP contribution in [-0.4, -0.2) is 11.5 Å². The standard InChI is InChI=1S/C10H10N2S/c13-7-10-11-6-9(12-10)8-4-2-1-3-5-8/h1-7,10-12H. The molecule has 1 aliphatic heterocycles. The van der Waals surface area contributed by atoms with E-state index in [0.717, 1.165) is 5.70 Å². The molecule has 1 aromatic rings. The normalized spacial score (nSPS) is 20.0. The van der Waals surface area contributed by atoms with Crippen LogP contribution in [0, 0.1) is 0 Å². The fourth-order valence-electron chi connectivity index (χ4n) is 1.28. The Balaban J connectivity index is 2.17. The Morgan fingerprint density at radius 2 is 2.00 bits per heavy atom. The largest absolute Gasteiger partial charge is 0.366 e. The van der Waals surface area contributed by atoms with Crippen molar-refractivity contribution in [3.8, 4) is 0 Å². The van der Waals surface area contributed by atoms with Crippen molar-refractivity contribution in [2.75, 3.05) is 0 Å². The number of hydrogen-bond acceptors (Lipinski definition) is 3. The van der Waals surface area contributed by atoms with Gasteiger partial charge in [-0.25, -0.2) is 0 Å². The first-order valence-electron chi connectivity index (χ1n) is 4.13. The van der Waals surface area contributed by atoms with Crippen molar-refractivity contribution in [3.63, 3.8) is 0 Å². The quantitative estimate of drug-likeness (QED) is 0.691. The van der Waals surface area contributed by atoms with Crippen LogP contribution in [0.4, 0.5) is 0 Å². The molecule has 2 N–H and O–H groups in total. The van der Waals surface area contributed by atoms with Gasteiger partial charge < -0.3 is 10.6 Å². The van der Waals surface area contributed by atoms with Gasteiger partial charge in [-0.2, -0.15) is 0 Å². The lowest BCUT2D eigenvalue weighted by Gasteiger charge is -2.07. The Morgan fingerprint density at radius 3 is 2.62 bits per heavy atom. The molecule has 1 unspecified atom stereocenters. The van der Waals surface area contributed by atoms with E-state index in [0.29, 0.717) is 0 Å². The van der Waals surface area contributed by atoms with Gasteiger partial charge in [0.05, 0.1) is 5.70 Å². The van der Waals surface area contributed by atoms with E-state index in [4.69, 9.17) is 12.2 Å². The van der Waals surface area contributed by atoms with E-state index in [1.54, 1.807) is 5.37 Å². The summed E-state index contributed by atoms with van der Waals surface area (Å²) in [6.45, 7) is 0. The molecule has 0 aliphatic carbocycles. The van der Waals surface area contributed by atoms with Gasteiger partial charge in [0, 0.05) is 11.6 Å². The smallest absolute Gasteiger partial charge is 0.126 e. The lowest BCUT2D eigenvalue weighted by Crippen LogP contribution is -2.32. The molecule has 0 saturated heterocycles. The molecule has 0 spiro atoms. The zero-order valence-corrected chi connectivity index (χ0v) is 7.84. The number of nitrogens with one attached hydrogen (secondary N) is 2. The molecule has 2 rings (SSSR count). The Morgan fingerprint density at radius 1 is 1.23 bits per heavy atom. The van der Waals surface area contributed by atoms with Crippen molar-refractivity contribution in [1.29, 1.82) is 0 Å². The third kappa shape index (κ3) is 1.70. The molecule has 0 fully saturated rings. The molecule has 1 heterocycles. The van der Waals surface area contributed by atoms with Crippen molar-refractivity contribution >= 4 is 23.3 Å². The lowest BCUT2D eigenvalue weighted by atomic mass is 10.2. The van der Waals surface area contributed by atoms with Crippen molar-refractivity contribution < 1.29 is 0 Å². The second-order valence-corrected chi connectivity index (χ2v) is 3.12. The highest BCUT2D eigenvalue weighted by molar-refractivity contribution is 7.79. The topological polar surface area (TPSA) is 24.1 Å². The summed E-state index contributed by atoms with van der Waals surface area (Å²) in [6.07, 6.45) is 2.04. The van der Waals surface area contributed by atoms with E-state index >= 15 is 0 Å². The van der Waals surface area contributed by atoms with Gasteiger partial charge >= 0.3 is 0 Å². The maximum Gasteiger partial charge on any atom is 0.126 e. The molecule has 0 radical (unpaired) electrons. The first-order valence-corrected chi connectivity index (χ1v) is 4.61. The van der Waals surface area contributed by atoms with E-state index in [-0.39, 0.29) is 6.17 Å². The third-order valence-corrected chi connectivity index (χ3v) is 2.21. The summed E-state index contributed by atoms with van der Waals surface area (Å²) >= 11 is 4.83. The van der Waals surface area contributed by atoms with Gasteiger partial charge in [0.1, 0.15) is 6.17 Å². The fourth-order valence-corrected chi connectivity index (χ4v) is 1.43. The minimum atomic E-state index is 0.0882. The molecule has 13 heavy (non-hydrogen) atoms. The van der Waals surface area contributed by atoms with Crippen LogP contribution in [0.5, 0.6) is 0 Å². The molecule has 0 aromatic heterocycles. The summed E-state index contributed by atoms with van der Waals surface area (Å²) in [7, 11) is 0. The summed E-state index contributed by atoms with van der Waals surface area (Å²) in [5, 5.41) is 8.04. The number of benzene rings is 1. The Kier molecular flexibility index (Phi) is 2.27. The summed E-state index contributed by atoms with van der Waals surface area (Å²) in [5.74, 6) is 0. The first kappa shape index (κ1) is 8.26. The molecule has 3 heteroatoms. The monoisotopic (exact) mass is 190 g/mol. The number of hydrogen-bond donors (Lipinski definition) is 2. The molecule has 2 nitrogen and oxygen atoms in total. The van der Waals surface area contributed by atoms with Gasteiger partial charge in [-0.3, -0.25) is 0 Å². The average molecular weight is 190 g/mol. The molecule has 66 valence electrons. The molecule has 1 atom stereocenters. The predicted molar refractivity (Wildman–Crippen MR) is 58.1 cm³/mol. The Labute approximate surface area is 82.7 Å². The van der Waals surface area contributed by atoms with Crippen LogP contribution in [0.15, 0.2) is 36.5 Å². The highest BCUT2D eigenvalue weighted by Gasteiger charge is 2.12. The molecule has 0 bridgehead atoms. The molecular formula is C10H10N2S. The summed E-state index contributed by atoms with van der Waals surface area (Å²) in [6, 6.07) is 10.2. The van der Waals surface area contributed by atoms with Crippen LogP contribution >= 0.6 is 12.2 Å². The van der Waals surface area contributed by atoms with E-state index < -0.39 is 0 Å². The maximum atomic E-state index is 4.83. The van der Waals surface area contributed by atoms with E-state index in [2.05, 4.69) is 22.8 Å². The molecular weight excluding hydrogens is 180 g/mol. The Bertz CT molecular complexity index is 332. The van der Waals surface area contributed by atoms with Crippen LogP contribution in [0.1, 0.15) is 5.56 Å². The zero-order chi connectivity index (χ0) is 9.10. The minimum Gasteiger partial charge on any atom is -0.366 e.